The Balaban J connectivity index is 2.01. The zero-order valence-electron chi connectivity index (χ0n) is 8.59. The number of carbonyl (C=O) groups is 1. The van der Waals surface area contributed by atoms with Gasteiger partial charge in [0.15, 0.2) is 0 Å². The zero-order valence-corrected chi connectivity index (χ0v) is 8.59. The van der Waals surface area contributed by atoms with Gasteiger partial charge in [-0.25, -0.2) is 0 Å². The second kappa shape index (κ2) is 3.77. The van der Waals surface area contributed by atoms with Gasteiger partial charge in [0.05, 0.1) is 6.61 Å². The van der Waals surface area contributed by atoms with Gasteiger partial charge in [-0.05, 0) is 11.6 Å². The molecule has 0 saturated carbocycles. The molecule has 5 heteroatoms. The lowest BCUT2D eigenvalue weighted by molar-refractivity contribution is 0.0742. The maximum Gasteiger partial charge on any atom is 0.295 e. The molecular weight excluding hydrogens is 206 g/mol. The summed E-state index contributed by atoms with van der Waals surface area (Å²) in [5, 5.41) is 10.9. The highest BCUT2D eigenvalue weighted by molar-refractivity contribution is 5.96. The largest absolute Gasteiger partial charge is 0.359 e. The molecule has 1 saturated heterocycles. The summed E-state index contributed by atoms with van der Waals surface area (Å²) in [4.78, 5) is 11.5. The van der Waals surface area contributed by atoms with E-state index in [-0.39, 0.29) is 18.2 Å². The van der Waals surface area contributed by atoms with Gasteiger partial charge >= 0.3 is 0 Å². The van der Waals surface area contributed by atoms with Crippen molar-refractivity contribution in [2.75, 3.05) is 13.2 Å². The van der Waals surface area contributed by atoms with E-state index in [0.717, 1.165) is 12.1 Å². The van der Waals surface area contributed by atoms with Crippen LogP contribution in [0, 0.1) is 0 Å². The summed E-state index contributed by atoms with van der Waals surface area (Å²) in [6.07, 6.45) is -0.169. The fourth-order valence-corrected chi connectivity index (χ4v) is 2.05. The van der Waals surface area contributed by atoms with Gasteiger partial charge in [-0.2, -0.15) is 5.11 Å². The molecule has 16 heavy (non-hydrogen) atoms. The molecule has 0 aromatic heterocycles. The van der Waals surface area contributed by atoms with Crippen LogP contribution in [-0.4, -0.2) is 25.3 Å². The average molecular weight is 217 g/mol. The Morgan fingerprint density at radius 2 is 2.25 bits per heavy atom. The van der Waals surface area contributed by atoms with Crippen LogP contribution in [0.25, 0.3) is 0 Å². The Bertz CT molecular complexity index is 452. The van der Waals surface area contributed by atoms with Crippen molar-refractivity contribution in [3.05, 3.63) is 35.4 Å². The molecule has 5 nitrogen and oxygen atoms in total. The lowest BCUT2D eigenvalue weighted by Gasteiger charge is -2.22. The number of carbonyl (C=O) groups excluding carboxylic acids is 1. The maximum atomic E-state index is 11.5. The number of amides is 1. The van der Waals surface area contributed by atoms with Crippen molar-refractivity contribution >= 4 is 5.91 Å². The van der Waals surface area contributed by atoms with Crippen LogP contribution in [0.15, 0.2) is 34.5 Å². The fraction of sp³-hybridized carbons (Fsp3) is 0.364. The predicted octanol–water partition coefficient (Wildman–Crippen LogP) is 1.28. The molecule has 0 aliphatic carbocycles. The molecule has 3 rings (SSSR count). The van der Waals surface area contributed by atoms with Gasteiger partial charge in [0.2, 0.25) is 0 Å². The molecule has 2 atom stereocenters. The number of ether oxygens (including phenoxy) is 1. The standard InChI is InChI=1S/C11H11N3O2/c15-10-8-4-2-1-3-7(8)9(13-14-10)11-12-5-6-16-11/h1-4,9,11-12H,5-6H2. The number of benzene rings is 1. The number of nitrogens with one attached hydrogen (secondary N) is 1. The minimum atomic E-state index is -0.273. The van der Waals surface area contributed by atoms with E-state index in [9.17, 15) is 4.79 Å². The lowest BCUT2D eigenvalue weighted by atomic mass is 9.98. The quantitative estimate of drug-likeness (QED) is 0.770. The first-order valence-corrected chi connectivity index (χ1v) is 5.25. The SMILES string of the molecule is O=C1N=NC(C2NCCO2)c2ccccc21. The summed E-state index contributed by atoms with van der Waals surface area (Å²) < 4.78 is 5.51. The second-order valence-corrected chi connectivity index (χ2v) is 3.80. The van der Waals surface area contributed by atoms with Crippen molar-refractivity contribution in [3.63, 3.8) is 0 Å². The third-order valence-electron chi connectivity index (χ3n) is 2.81. The van der Waals surface area contributed by atoms with Gasteiger partial charge in [0, 0.05) is 12.1 Å². The summed E-state index contributed by atoms with van der Waals surface area (Å²) in [5.41, 5.74) is 1.52. The molecule has 82 valence electrons. The van der Waals surface area contributed by atoms with Crippen molar-refractivity contribution in [2.45, 2.75) is 12.3 Å². The van der Waals surface area contributed by atoms with Gasteiger partial charge in [0.1, 0.15) is 12.3 Å². The molecule has 0 spiro atoms. The molecular formula is C11H11N3O2. The topological polar surface area (TPSA) is 63.0 Å². The van der Waals surface area contributed by atoms with Gasteiger partial charge < -0.3 is 4.74 Å². The minimum absolute atomic E-state index is 0.169. The Labute approximate surface area is 92.5 Å². The van der Waals surface area contributed by atoms with Crippen molar-refractivity contribution in [3.8, 4) is 0 Å². The number of nitrogens with zero attached hydrogens (tertiary/aromatic N) is 2. The van der Waals surface area contributed by atoms with Gasteiger partial charge in [0.25, 0.3) is 5.91 Å². The molecule has 1 aromatic rings. The summed E-state index contributed by atoms with van der Waals surface area (Å²) in [5.74, 6) is -0.273. The van der Waals surface area contributed by atoms with Gasteiger partial charge in [-0.1, -0.05) is 18.2 Å². The second-order valence-electron chi connectivity index (χ2n) is 3.80. The first-order valence-electron chi connectivity index (χ1n) is 5.25. The smallest absolute Gasteiger partial charge is 0.295 e. The van der Waals surface area contributed by atoms with Crippen molar-refractivity contribution in [1.29, 1.82) is 0 Å². The fourth-order valence-electron chi connectivity index (χ4n) is 2.05. The molecule has 1 N–H and O–H groups in total. The third-order valence-corrected chi connectivity index (χ3v) is 2.81. The van der Waals surface area contributed by atoms with Crippen LogP contribution >= 0.6 is 0 Å². The first kappa shape index (κ1) is 9.62. The van der Waals surface area contributed by atoms with E-state index < -0.39 is 0 Å². The lowest BCUT2D eigenvalue weighted by Crippen LogP contribution is -2.31. The third kappa shape index (κ3) is 1.45. The molecule has 1 aromatic carbocycles. The van der Waals surface area contributed by atoms with Crippen LogP contribution in [0.4, 0.5) is 0 Å². The van der Waals surface area contributed by atoms with Gasteiger partial charge in [-0.3, -0.25) is 10.1 Å². The van der Waals surface area contributed by atoms with Gasteiger partial charge in [-0.15, -0.1) is 5.11 Å². The highest BCUT2D eigenvalue weighted by Gasteiger charge is 2.32. The van der Waals surface area contributed by atoms with Crippen LogP contribution in [-0.2, 0) is 4.74 Å². The molecule has 1 amide bonds. The Kier molecular flexibility index (Phi) is 2.27. The number of hydrogen-bond donors (Lipinski definition) is 1. The molecule has 2 aliphatic rings. The number of azo groups is 1. The Hall–Kier alpha value is -1.59. The molecule has 0 radical (unpaired) electrons. The zero-order chi connectivity index (χ0) is 11.0. The van der Waals surface area contributed by atoms with Crippen molar-refractivity contribution < 1.29 is 9.53 Å². The molecule has 2 heterocycles. The normalized spacial score (nSPS) is 28.1. The number of rotatable bonds is 1. The van der Waals surface area contributed by atoms with Crippen LogP contribution < -0.4 is 5.32 Å². The predicted molar refractivity (Wildman–Crippen MR) is 56.1 cm³/mol. The maximum absolute atomic E-state index is 11.5. The molecule has 0 bridgehead atoms. The molecule has 2 aliphatic heterocycles. The monoisotopic (exact) mass is 217 g/mol. The summed E-state index contributed by atoms with van der Waals surface area (Å²) in [6.45, 7) is 1.49. The number of fused-ring (bicyclic) bond motifs is 1. The average Bonchev–Trinajstić information content (AvgIpc) is 2.83. The number of hydrogen-bond acceptors (Lipinski definition) is 4. The van der Waals surface area contributed by atoms with E-state index in [1.807, 2.05) is 18.2 Å². The van der Waals surface area contributed by atoms with Crippen LogP contribution in [0.1, 0.15) is 22.0 Å². The van der Waals surface area contributed by atoms with Crippen LogP contribution in [0.2, 0.25) is 0 Å². The summed E-state index contributed by atoms with van der Waals surface area (Å²) in [7, 11) is 0. The van der Waals surface area contributed by atoms with E-state index in [0.29, 0.717) is 12.2 Å². The summed E-state index contributed by atoms with van der Waals surface area (Å²) in [6, 6.07) is 7.19. The van der Waals surface area contributed by atoms with E-state index in [1.54, 1.807) is 6.07 Å². The van der Waals surface area contributed by atoms with E-state index in [2.05, 4.69) is 15.5 Å². The highest BCUT2D eigenvalue weighted by atomic mass is 16.5. The van der Waals surface area contributed by atoms with Crippen molar-refractivity contribution in [2.24, 2.45) is 10.2 Å². The minimum Gasteiger partial charge on any atom is -0.359 e. The van der Waals surface area contributed by atoms with Crippen LogP contribution in [0.3, 0.4) is 0 Å². The van der Waals surface area contributed by atoms with E-state index in [1.165, 1.54) is 0 Å². The van der Waals surface area contributed by atoms with Crippen LogP contribution in [0.5, 0.6) is 0 Å². The summed E-state index contributed by atoms with van der Waals surface area (Å²) >= 11 is 0. The molecule has 2 unspecified atom stereocenters. The van der Waals surface area contributed by atoms with E-state index in [4.69, 9.17) is 4.74 Å². The Morgan fingerprint density at radius 3 is 3.06 bits per heavy atom. The van der Waals surface area contributed by atoms with E-state index >= 15 is 0 Å². The molecule has 1 fully saturated rings. The Morgan fingerprint density at radius 1 is 1.38 bits per heavy atom. The first-order chi connectivity index (χ1) is 7.86. The highest BCUT2D eigenvalue weighted by Crippen LogP contribution is 2.31. The van der Waals surface area contributed by atoms with Crippen molar-refractivity contribution in [1.82, 2.24) is 5.32 Å².